The number of nitrogen functional groups attached to an aromatic ring is 1. The first-order valence-corrected chi connectivity index (χ1v) is 5.70. The third-order valence-electron chi connectivity index (χ3n) is 2.75. The van der Waals surface area contributed by atoms with Crippen molar-refractivity contribution in [2.45, 2.75) is 12.6 Å². The number of rotatable bonds is 4. The summed E-state index contributed by atoms with van der Waals surface area (Å²) in [7, 11) is 0. The number of hydrogen-bond donors (Lipinski definition) is 2. The molecule has 1 unspecified atom stereocenters. The molecule has 2 rings (SSSR count). The minimum atomic E-state index is -1.55. The first-order chi connectivity index (χ1) is 9.47. The summed E-state index contributed by atoms with van der Waals surface area (Å²) in [4.78, 5) is 18.1. The monoisotopic (exact) mass is 279 g/mol. The third-order valence-corrected chi connectivity index (χ3v) is 2.75. The largest absolute Gasteiger partial charge is 0.478 e. The van der Waals surface area contributed by atoms with Gasteiger partial charge in [0.2, 0.25) is 5.95 Å². The first kappa shape index (κ1) is 13.9. The van der Waals surface area contributed by atoms with E-state index in [1.165, 1.54) is 12.4 Å². The summed E-state index contributed by atoms with van der Waals surface area (Å²) in [5, 5.41) is 8.83. The molecule has 20 heavy (non-hydrogen) atoms. The lowest BCUT2D eigenvalue weighted by molar-refractivity contribution is 0.0696. The van der Waals surface area contributed by atoms with Crippen LogP contribution in [0, 0.1) is 5.82 Å². The smallest absolute Gasteiger partial charge is 0.335 e. The number of aromatic nitrogens is 2. The number of aromatic carboxylic acids is 1. The number of hydrogen-bond acceptors (Lipinski definition) is 4. The SMILES string of the molecule is Nc1ncc(C(F)Cc2cc(C(=O)O)ccc2F)cn1. The zero-order valence-corrected chi connectivity index (χ0v) is 10.3. The van der Waals surface area contributed by atoms with Crippen LogP contribution in [0.1, 0.15) is 27.7 Å². The number of nitrogens with two attached hydrogens (primary N) is 1. The molecule has 0 aliphatic heterocycles. The highest BCUT2D eigenvalue weighted by molar-refractivity contribution is 5.87. The Hall–Kier alpha value is -2.57. The minimum absolute atomic E-state index is 0.0139. The van der Waals surface area contributed by atoms with Crippen molar-refractivity contribution in [2.24, 2.45) is 0 Å². The van der Waals surface area contributed by atoms with Gasteiger partial charge in [0, 0.05) is 24.4 Å². The Labute approximate surface area is 113 Å². The van der Waals surface area contributed by atoms with E-state index in [0.29, 0.717) is 0 Å². The molecule has 1 atom stereocenters. The van der Waals surface area contributed by atoms with Gasteiger partial charge in [0.05, 0.1) is 5.56 Å². The van der Waals surface area contributed by atoms with Crippen LogP contribution >= 0.6 is 0 Å². The maximum Gasteiger partial charge on any atom is 0.335 e. The lowest BCUT2D eigenvalue weighted by atomic mass is 10.0. The van der Waals surface area contributed by atoms with Crippen LogP contribution in [-0.4, -0.2) is 21.0 Å². The number of anilines is 1. The zero-order chi connectivity index (χ0) is 14.7. The highest BCUT2D eigenvalue weighted by Gasteiger charge is 2.16. The second kappa shape index (κ2) is 5.60. The van der Waals surface area contributed by atoms with Gasteiger partial charge in [0.25, 0.3) is 0 Å². The van der Waals surface area contributed by atoms with Crippen LogP contribution in [0.25, 0.3) is 0 Å². The van der Waals surface area contributed by atoms with Crippen molar-refractivity contribution in [2.75, 3.05) is 5.73 Å². The molecular weight excluding hydrogens is 268 g/mol. The fourth-order valence-electron chi connectivity index (χ4n) is 1.68. The third kappa shape index (κ3) is 3.05. The quantitative estimate of drug-likeness (QED) is 0.895. The number of nitrogens with zero attached hydrogens (tertiary/aromatic N) is 2. The number of carbonyl (C=O) groups is 1. The van der Waals surface area contributed by atoms with Gasteiger partial charge >= 0.3 is 5.97 Å². The zero-order valence-electron chi connectivity index (χ0n) is 10.3. The molecule has 0 radical (unpaired) electrons. The van der Waals surface area contributed by atoms with Crippen molar-refractivity contribution >= 4 is 11.9 Å². The Balaban J connectivity index is 2.22. The molecule has 1 heterocycles. The van der Waals surface area contributed by atoms with Crippen molar-refractivity contribution < 1.29 is 18.7 Å². The Morgan fingerprint density at radius 2 is 2.00 bits per heavy atom. The maximum atomic E-state index is 14.0. The molecule has 7 heteroatoms. The van der Waals surface area contributed by atoms with Gasteiger partial charge in [-0.1, -0.05) is 0 Å². The molecule has 0 fully saturated rings. The van der Waals surface area contributed by atoms with E-state index in [-0.39, 0.29) is 29.1 Å². The first-order valence-electron chi connectivity index (χ1n) is 5.70. The lowest BCUT2D eigenvalue weighted by Crippen LogP contribution is -2.04. The van der Waals surface area contributed by atoms with Gasteiger partial charge in [-0.15, -0.1) is 0 Å². The van der Waals surface area contributed by atoms with Gasteiger partial charge in [-0.05, 0) is 23.8 Å². The van der Waals surface area contributed by atoms with Gasteiger partial charge < -0.3 is 10.8 Å². The van der Waals surface area contributed by atoms with E-state index in [1.807, 2.05) is 0 Å². The van der Waals surface area contributed by atoms with Crippen molar-refractivity contribution in [3.63, 3.8) is 0 Å². The molecule has 1 aromatic heterocycles. The molecule has 5 nitrogen and oxygen atoms in total. The van der Waals surface area contributed by atoms with Crippen molar-refractivity contribution in [3.05, 3.63) is 53.1 Å². The van der Waals surface area contributed by atoms with E-state index >= 15 is 0 Å². The van der Waals surface area contributed by atoms with Gasteiger partial charge in [-0.25, -0.2) is 23.5 Å². The van der Waals surface area contributed by atoms with Gasteiger partial charge in [-0.3, -0.25) is 0 Å². The van der Waals surface area contributed by atoms with E-state index in [1.54, 1.807) is 0 Å². The molecule has 0 spiro atoms. The van der Waals surface area contributed by atoms with Crippen LogP contribution in [0.4, 0.5) is 14.7 Å². The molecule has 2 aromatic rings. The summed E-state index contributed by atoms with van der Waals surface area (Å²) in [5.41, 5.74) is 5.32. The molecule has 3 N–H and O–H groups in total. The molecule has 0 aliphatic rings. The molecular formula is C13H11F2N3O2. The molecule has 0 aliphatic carbocycles. The Bertz CT molecular complexity index is 632. The van der Waals surface area contributed by atoms with Crippen molar-refractivity contribution in [1.82, 2.24) is 9.97 Å². The van der Waals surface area contributed by atoms with E-state index in [0.717, 1.165) is 18.2 Å². The predicted molar refractivity (Wildman–Crippen MR) is 67.4 cm³/mol. The van der Waals surface area contributed by atoms with Crippen LogP contribution in [0.3, 0.4) is 0 Å². The second-order valence-corrected chi connectivity index (χ2v) is 4.16. The second-order valence-electron chi connectivity index (χ2n) is 4.16. The van der Waals surface area contributed by atoms with Crippen LogP contribution in [0.15, 0.2) is 30.6 Å². The highest BCUT2D eigenvalue weighted by Crippen LogP contribution is 2.23. The fraction of sp³-hybridized carbons (Fsp3) is 0.154. The predicted octanol–water partition coefficient (Wildman–Crippen LogP) is 2.15. The summed E-state index contributed by atoms with van der Waals surface area (Å²) in [6.45, 7) is 0. The van der Waals surface area contributed by atoms with Crippen LogP contribution in [-0.2, 0) is 6.42 Å². The molecule has 0 saturated heterocycles. The molecule has 0 amide bonds. The molecule has 104 valence electrons. The number of carboxylic acid groups (broad SMARTS) is 1. The minimum Gasteiger partial charge on any atom is -0.478 e. The van der Waals surface area contributed by atoms with Gasteiger partial charge in [0.15, 0.2) is 0 Å². The highest BCUT2D eigenvalue weighted by atomic mass is 19.1. The maximum absolute atomic E-state index is 14.0. The van der Waals surface area contributed by atoms with Crippen LogP contribution < -0.4 is 5.73 Å². The normalized spacial score (nSPS) is 12.1. The topological polar surface area (TPSA) is 89.1 Å². The van der Waals surface area contributed by atoms with E-state index < -0.39 is 18.0 Å². The van der Waals surface area contributed by atoms with Crippen molar-refractivity contribution in [1.29, 1.82) is 0 Å². The Kier molecular flexibility index (Phi) is 3.88. The summed E-state index contributed by atoms with van der Waals surface area (Å²) in [5.74, 6) is -1.84. The molecule has 0 saturated carbocycles. The summed E-state index contributed by atoms with van der Waals surface area (Å²) in [6, 6.07) is 3.24. The number of benzene rings is 1. The summed E-state index contributed by atoms with van der Waals surface area (Å²) >= 11 is 0. The number of alkyl halides is 1. The summed E-state index contributed by atoms with van der Waals surface area (Å²) in [6.07, 6.45) is 0.576. The lowest BCUT2D eigenvalue weighted by Gasteiger charge is -2.09. The van der Waals surface area contributed by atoms with Crippen molar-refractivity contribution in [3.8, 4) is 0 Å². The van der Waals surface area contributed by atoms with Crippen LogP contribution in [0.5, 0.6) is 0 Å². The number of halogens is 2. The van der Waals surface area contributed by atoms with Crippen LogP contribution in [0.2, 0.25) is 0 Å². The van der Waals surface area contributed by atoms with E-state index in [4.69, 9.17) is 10.8 Å². The van der Waals surface area contributed by atoms with E-state index in [9.17, 15) is 13.6 Å². The molecule has 1 aromatic carbocycles. The molecule has 0 bridgehead atoms. The number of carboxylic acids is 1. The fourth-order valence-corrected chi connectivity index (χ4v) is 1.68. The van der Waals surface area contributed by atoms with Gasteiger partial charge in [0.1, 0.15) is 12.0 Å². The van der Waals surface area contributed by atoms with E-state index in [2.05, 4.69) is 9.97 Å². The average molecular weight is 279 g/mol. The summed E-state index contributed by atoms with van der Waals surface area (Å²) < 4.78 is 27.6. The Morgan fingerprint density at radius 1 is 1.35 bits per heavy atom. The van der Waals surface area contributed by atoms with Gasteiger partial charge in [-0.2, -0.15) is 0 Å². The Morgan fingerprint density at radius 3 is 2.60 bits per heavy atom. The average Bonchev–Trinajstić information content (AvgIpc) is 2.41. The standard InChI is InChI=1S/C13H11F2N3O2/c14-10-2-1-7(12(19)20)3-8(10)4-11(15)9-5-17-13(16)18-6-9/h1-3,5-6,11H,4H2,(H,19,20)(H2,16,17,18).